The predicted molar refractivity (Wildman–Crippen MR) is 84.9 cm³/mol. The molecule has 22 heavy (non-hydrogen) atoms. The van der Waals surface area contributed by atoms with Gasteiger partial charge in [0.05, 0.1) is 5.02 Å². The van der Waals surface area contributed by atoms with E-state index in [-0.39, 0.29) is 6.01 Å². The molecule has 0 aliphatic heterocycles. The maximum absolute atomic E-state index is 6.21. The summed E-state index contributed by atoms with van der Waals surface area (Å²) in [5.41, 5.74) is 6.95. The van der Waals surface area contributed by atoms with Gasteiger partial charge in [0.2, 0.25) is 5.89 Å². The van der Waals surface area contributed by atoms with Crippen LogP contribution < -0.4 is 10.5 Å². The first-order chi connectivity index (χ1) is 10.6. The number of hydrogen-bond acceptors (Lipinski definition) is 5. The third kappa shape index (κ3) is 3.16. The number of benzene rings is 2. The number of halogens is 2. The molecule has 0 saturated carbocycles. The number of rotatable bonds is 4. The van der Waals surface area contributed by atoms with Crippen LogP contribution in [0, 0.1) is 0 Å². The van der Waals surface area contributed by atoms with E-state index in [9.17, 15) is 0 Å². The minimum absolute atomic E-state index is 0.00479. The summed E-state index contributed by atoms with van der Waals surface area (Å²) in [6.45, 7) is 0.326. The highest BCUT2D eigenvalue weighted by Crippen LogP contribution is 2.31. The van der Waals surface area contributed by atoms with Crippen LogP contribution in [0.1, 0.15) is 5.56 Å². The van der Waals surface area contributed by atoms with Crippen molar-refractivity contribution in [2.75, 3.05) is 5.73 Å². The Kier molecular flexibility index (Phi) is 4.18. The van der Waals surface area contributed by atoms with Gasteiger partial charge in [-0.05, 0) is 24.3 Å². The van der Waals surface area contributed by atoms with Crippen LogP contribution in [0.2, 0.25) is 10.0 Å². The van der Waals surface area contributed by atoms with Crippen molar-refractivity contribution < 1.29 is 9.15 Å². The van der Waals surface area contributed by atoms with Gasteiger partial charge in [-0.2, -0.15) is 0 Å². The van der Waals surface area contributed by atoms with Crippen molar-refractivity contribution in [2.24, 2.45) is 0 Å². The molecule has 1 heterocycles. The first kappa shape index (κ1) is 14.7. The number of ether oxygens (including phenoxy) is 1. The van der Waals surface area contributed by atoms with E-state index in [4.69, 9.17) is 38.1 Å². The Morgan fingerprint density at radius 2 is 1.86 bits per heavy atom. The maximum Gasteiger partial charge on any atom is 0.313 e. The van der Waals surface area contributed by atoms with Crippen LogP contribution in [0.4, 0.5) is 6.01 Å². The van der Waals surface area contributed by atoms with Crippen LogP contribution in [0.3, 0.4) is 0 Å². The number of anilines is 1. The number of hydrogen-bond donors (Lipinski definition) is 1. The molecular formula is C15H11Cl2N3O2. The number of nitrogen functional groups attached to an aromatic ring is 1. The summed E-state index contributed by atoms with van der Waals surface area (Å²) in [6.07, 6.45) is 0. The van der Waals surface area contributed by atoms with Gasteiger partial charge >= 0.3 is 6.01 Å². The Balaban J connectivity index is 1.77. The summed E-state index contributed by atoms with van der Waals surface area (Å²) in [5, 5.41) is 8.49. The fourth-order valence-corrected chi connectivity index (χ4v) is 2.30. The Bertz CT molecular complexity index is 805. The lowest BCUT2D eigenvalue weighted by molar-refractivity contribution is 0.306. The summed E-state index contributed by atoms with van der Waals surface area (Å²) < 4.78 is 10.8. The Morgan fingerprint density at radius 1 is 1.05 bits per heavy atom. The van der Waals surface area contributed by atoms with Crippen LogP contribution in [-0.2, 0) is 6.61 Å². The van der Waals surface area contributed by atoms with Crippen molar-refractivity contribution in [3.63, 3.8) is 0 Å². The van der Waals surface area contributed by atoms with Crippen molar-refractivity contribution in [2.45, 2.75) is 6.61 Å². The summed E-state index contributed by atoms with van der Waals surface area (Å²) in [6, 6.07) is 12.6. The molecule has 0 bridgehead atoms. The van der Waals surface area contributed by atoms with E-state index >= 15 is 0 Å². The molecule has 0 saturated heterocycles. The van der Waals surface area contributed by atoms with Gasteiger partial charge in [0.15, 0.2) is 0 Å². The highest BCUT2D eigenvalue weighted by molar-refractivity contribution is 6.32. The highest BCUT2D eigenvalue weighted by Gasteiger charge is 2.10. The van der Waals surface area contributed by atoms with E-state index in [0.717, 1.165) is 5.56 Å². The molecule has 3 rings (SSSR count). The third-order valence-corrected chi connectivity index (χ3v) is 3.62. The molecule has 0 fully saturated rings. The normalized spacial score (nSPS) is 10.6. The molecule has 3 aromatic rings. The molecule has 0 unspecified atom stereocenters. The van der Waals surface area contributed by atoms with Crippen molar-refractivity contribution in [1.29, 1.82) is 0 Å². The largest absolute Gasteiger partial charge is 0.487 e. The van der Waals surface area contributed by atoms with Crippen molar-refractivity contribution in [3.05, 3.63) is 58.1 Å². The second-order valence-electron chi connectivity index (χ2n) is 4.47. The second-order valence-corrected chi connectivity index (χ2v) is 5.29. The summed E-state index contributed by atoms with van der Waals surface area (Å²) in [7, 11) is 0. The molecule has 7 heteroatoms. The topological polar surface area (TPSA) is 74.2 Å². The molecule has 112 valence electrons. The molecule has 0 amide bonds. The van der Waals surface area contributed by atoms with Crippen molar-refractivity contribution >= 4 is 29.2 Å². The van der Waals surface area contributed by atoms with Gasteiger partial charge < -0.3 is 14.9 Å². The zero-order valence-electron chi connectivity index (χ0n) is 11.3. The molecule has 2 aromatic carbocycles. The lowest BCUT2D eigenvalue weighted by atomic mass is 10.2. The van der Waals surface area contributed by atoms with Crippen LogP contribution in [0.15, 0.2) is 46.9 Å². The van der Waals surface area contributed by atoms with E-state index in [1.165, 1.54) is 0 Å². The monoisotopic (exact) mass is 335 g/mol. The van der Waals surface area contributed by atoms with E-state index in [1.807, 2.05) is 24.3 Å². The van der Waals surface area contributed by atoms with E-state index in [0.29, 0.717) is 33.9 Å². The number of nitrogens with zero attached hydrogens (tertiary/aromatic N) is 2. The summed E-state index contributed by atoms with van der Waals surface area (Å²) in [5.74, 6) is 0.842. The molecule has 2 N–H and O–H groups in total. The molecule has 5 nitrogen and oxygen atoms in total. The lowest BCUT2D eigenvalue weighted by Crippen LogP contribution is -1.96. The zero-order valence-corrected chi connectivity index (χ0v) is 12.8. The Morgan fingerprint density at radius 3 is 2.55 bits per heavy atom. The number of aromatic nitrogens is 2. The van der Waals surface area contributed by atoms with Crippen LogP contribution in [0.5, 0.6) is 5.75 Å². The van der Waals surface area contributed by atoms with Gasteiger partial charge in [-0.1, -0.05) is 46.5 Å². The quantitative estimate of drug-likeness (QED) is 0.773. The standard InChI is InChI=1S/C15H11Cl2N3O2/c16-11-4-2-1-3-10(11)8-21-13-6-5-9(7-12(13)17)14-19-20-15(18)22-14/h1-7H,8H2,(H2,18,20). The van der Waals surface area contributed by atoms with Crippen LogP contribution in [0.25, 0.3) is 11.5 Å². The van der Waals surface area contributed by atoms with E-state index in [1.54, 1.807) is 18.2 Å². The van der Waals surface area contributed by atoms with Crippen molar-refractivity contribution in [1.82, 2.24) is 10.2 Å². The Labute approximate surface area is 136 Å². The zero-order chi connectivity index (χ0) is 15.5. The molecule has 0 aliphatic carbocycles. The first-order valence-corrected chi connectivity index (χ1v) is 7.14. The highest BCUT2D eigenvalue weighted by atomic mass is 35.5. The molecular weight excluding hydrogens is 325 g/mol. The fourth-order valence-electron chi connectivity index (χ4n) is 1.87. The van der Waals surface area contributed by atoms with E-state index < -0.39 is 0 Å². The smallest absolute Gasteiger partial charge is 0.313 e. The Hall–Kier alpha value is -2.24. The SMILES string of the molecule is Nc1nnc(-c2ccc(OCc3ccccc3Cl)c(Cl)c2)o1. The number of nitrogens with two attached hydrogens (primary N) is 1. The molecule has 0 atom stereocenters. The minimum atomic E-state index is 0.00479. The minimum Gasteiger partial charge on any atom is -0.487 e. The van der Waals surface area contributed by atoms with Gasteiger partial charge in [0, 0.05) is 16.1 Å². The average molecular weight is 336 g/mol. The summed E-state index contributed by atoms with van der Waals surface area (Å²) >= 11 is 12.3. The second kappa shape index (κ2) is 6.25. The van der Waals surface area contributed by atoms with Gasteiger partial charge in [-0.15, -0.1) is 5.10 Å². The van der Waals surface area contributed by atoms with Gasteiger partial charge in [0.25, 0.3) is 0 Å². The first-order valence-electron chi connectivity index (χ1n) is 6.38. The van der Waals surface area contributed by atoms with Crippen LogP contribution in [-0.4, -0.2) is 10.2 Å². The molecule has 1 aromatic heterocycles. The molecule has 0 spiro atoms. The fraction of sp³-hybridized carbons (Fsp3) is 0.0667. The van der Waals surface area contributed by atoms with Crippen LogP contribution >= 0.6 is 23.2 Å². The van der Waals surface area contributed by atoms with Crippen molar-refractivity contribution in [3.8, 4) is 17.2 Å². The molecule has 0 aliphatic rings. The lowest BCUT2D eigenvalue weighted by Gasteiger charge is -2.09. The third-order valence-electron chi connectivity index (χ3n) is 2.96. The van der Waals surface area contributed by atoms with Gasteiger partial charge in [-0.25, -0.2) is 0 Å². The van der Waals surface area contributed by atoms with E-state index in [2.05, 4.69) is 10.2 Å². The maximum atomic E-state index is 6.21. The van der Waals surface area contributed by atoms with Gasteiger partial charge in [0.1, 0.15) is 12.4 Å². The summed E-state index contributed by atoms with van der Waals surface area (Å²) in [4.78, 5) is 0. The predicted octanol–water partition coefficient (Wildman–Crippen LogP) is 4.20. The van der Waals surface area contributed by atoms with Gasteiger partial charge in [-0.3, -0.25) is 0 Å². The molecule has 0 radical (unpaired) electrons. The average Bonchev–Trinajstić information content (AvgIpc) is 2.94.